The van der Waals surface area contributed by atoms with Crippen molar-refractivity contribution in [1.29, 1.82) is 0 Å². The predicted molar refractivity (Wildman–Crippen MR) is 105 cm³/mol. The van der Waals surface area contributed by atoms with Crippen LogP contribution in [0.1, 0.15) is 51.8 Å². The summed E-state index contributed by atoms with van der Waals surface area (Å²) in [5.41, 5.74) is -1.02. The molecule has 0 saturated carbocycles. The first kappa shape index (κ1) is 22.6. The zero-order valence-corrected chi connectivity index (χ0v) is 15.5. The Kier molecular flexibility index (Phi) is 6.68. The van der Waals surface area contributed by atoms with E-state index >= 15 is 0 Å². The number of aromatic carboxylic acids is 5. The summed E-state index contributed by atoms with van der Waals surface area (Å²) < 4.78 is 0. The highest BCUT2D eigenvalue weighted by molar-refractivity contribution is 6.11. The maximum atomic E-state index is 10.9. The van der Waals surface area contributed by atoms with Crippen molar-refractivity contribution in [2.45, 2.75) is 0 Å². The van der Waals surface area contributed by atoms with Gasteiger partial charge in [0.05, 0.1) is 27.8 Å². The lowest BCUT2D eigenvalue weighted by molar-refractivity contribution is 0.0649. The van der Waals surface area contributed by atoms with Gasteiger partial charge >= 0.3 is 29.8 Å². The molecule has 10 nitrogen and oxygen atoms in total. The fourth-order valence-corrected chi connectivity index (χ4v) is 2.71. The molecular weight excluding hydrogens is 412 g/mol. The van der Waals surface area contributed by atoms with E-state index in [2.05, 4.69) is 0 Å². The van der Waals surface area contributed by atoms with Gasteiger partial charge in [-0.25, -0.2) is 24.0 Å². The first-order chi connectivity index (χ1) is 14.5. The Morgan fingerprint density at radius 2 is 0.839 bits per heavy atom. The molecule has 31 heavy (non-hydrogen) atoms. The number of hydrogen-bond donors (Lipinski definition) is 5. The standard InChI is InChI=1S/C12H8O4.C9H6O6/c13-11(14)9-5-6-10(12(15)16)8-4-2-1-3-7(8)9;10-7(11)4-1-2-5(8(12)13)6(3-4)9(14)15/h1-6H,(H,13,14)(H,15,16);1-3H,(H,10,11)(H,12,13)(H,14,15). The third-order valence-electron chi connectivity index (χ3n) is 4.11. The quantitative estimate of drug-likeness (QED) is 0.406. The summed E-state index contributed by atoms with van der Waals surface area (Å²) in [4.78, 5) is 53.7. The molecule has 0 fully saturated rings. The van der Waals surface area contributed by atoms with E-state index < -0.39 is 41.0 Å². The molecule has 0 aliphatic rings. The van der Waals surface area contributed by atoms with Gasteiger partial charge in [0.2, 0.25) is 0 Å². The minimum atomic E-state index is -1.48. The van der Waals surface area contributed by atoms with Crippen LogP contribution >= 0.6 is 0 Å². The number of hydrogen-bond acceptors (Lipinski definition) is 5. The molecule has 0 spiro atoms. The number of carboxylic acids is 5. The highest BCUT2D eigenvalue weighted by Gasteiger charge is 2.18. The van der Waals surface area contributed by atoms with Crippen LogP contribution in [0, 0.1) is 0 Å². The maximum absolute atomic E-state index is 10.9. The average Bonchev–Trinajstić information content (AvgIpc) is 2.72. The number of rotatable bonds is 5. The molecule has 0 saturated heterocycles. The second-order valence-electron chi connectivity index (χ2n) is 5.99. The largest absolute Gasteiger partial charge is 0.478 e. The van der Waals surface area contributed by atoms with E-state index in [-0.39, 0.29) is 16.7 Å². The smallest absolute Gasteiger partial charge is 0.336 e. The van der Waals surface area contributed by atoms with Gasteiger partial charge < -0.3 is 25.5 Å². The van der Waals surface area contributed by atoms with E-state index in [1.54, 1.807) is 24.3 Å². The molecule has 0 radical (unpaired) electrons. The second kappa shape index (κ2) is 9.18. The van der Waals surface area contributed by atoms with Gasteiger partial charge in [0.15, 0.2) is 0 Å². The zero-order chi connectivity index (χ0) is 23.3. The monoisotopic (exact) mass is 426 g/mol. The molecule has 3 rings (SSSR count). The van der Waals surface area contributed by atoms with Crippen molar-refractivity contribution in [3.05, 3.63) is 82.4 Å². The fraction of sp³-hybridized carbons (Fsp3) is 0. The number of fused-ring (bicyclic) bond motifs is 1. The van der Waals surface area contributed by atoms with E-state index in [1.807, 2.05) is 0 Å². The first-order valence-electron chi connectivity index (χ1n) is 8.36. The average molecular weight is 426 g/mol. The molecule has 10 heteroatoms. The molecule has 0 heterocycles. The molecule has 3 aromatic rings. The SMILES string of the molecule is O=C(O)c1ccc(C(=O)O)c(C(=O)O)c1.O=C(O)c1ccc(C(=O)O)c2ccccc12. The van der Waals surface area contributed by atoms with Gasteiger partial charge in [-0.3, -0.25) is 0 Å². The Morgan fingerprint density at radius 1 is 0.452 bits per heavy atom. The van der Waals surface area contributed by atoms with Gasteiger partial charge in [-0.2, -0.15) is 0 Å². The Morgan fingerprint density at radius 3 is 1.19 bits per heavy atom. The van der Waals surface area contributed by atoms with Crippen LogP contribution < -0.4 is 0 Å². The Labute approximate surface area is 173 Å². The third kappa shape index (κ3) is 5.01. The molecule has 3 aromatic carbocycles. The van der Waals surface area contributed by atoms with Gasteiger partial charge in [-0.05, 0) is 41.1 Å². The lowest BCUT2D eigenvalue weighted by Gasteiger charge is -2.05. The zero-order valence-electron chi connectivity index (χ0n) is 15.5. The van der Waals surface area contributed by atoms with Gasteiger partial charge in [-0.15, -0.1) is 0 Å². The molecule has 0 aliphatic heterocycles. The van der Waals surface area contributed by atoms with Crippen LogP contribution in [0.25, 0.3) is 10.8 Å². The Hall–Kier alpha value is -4.73. The number of carboxylic acid groups (broad SMARTS) is 5. The van der Waals surface area contributed by atoms with Crippen LogP contribution in [0.5, 0.6) is 0 Å². The van der Waals surface area contributed by atoms with Crippen molar-refractivity contribution in [2.24, 2.45) is 0 Å². The Balaban J connectivity index is 0.000000221. The van der Waals surface area contributed by atoms with Crippen LogP contribution in [0.15, 0.2) is 54.6 Å². The van der Waals surface area contributed by atoms with Crippen LogP contribution in [0.3, 0.4) is 0 Å². The van der Waals surface area contributed by atoms with E-state index in [4.69, 9.17) is 25.5 Å². The van der Waals surface area contributed by atoms with Gasteiger partial charge in [0, 0.05) is 0 Å². The van der Waals surface area contributed by atoms with Gasteiger partial charge in [0.25, 0.3) is 0 Å². The molecule has 158 valence electrons. The highest BCUT2D eigenvalue weighted by atomic mass is 16.4. The fourth-order valence-electron chi connectivity index (χ4n) is 2.71. The summed E-state index contributed by atoms with van der Waals surface area (Å²) in [5.74, 6) is -6.32. The summed E-state index contributed by atoms with van der Waals surface area (Å²) in [6, 6.07) is 12.0. The van der Waals surface area contributed by atoms with Crippen molar-refractivity contribution in [3.63, 3.8) is 0 Å². The summed E-state index contributed by atoms with van der Waals surface area (Å²) in [5, 5.41) is 44.7. The second-order valence-corrected chi connectivity index (χ2v) is 5.99. The lowest BCUT2D eigenvalue weighted by Crippen LogP contribution is -2.10. The highest BCUT2D eigenvalue weighted by Crippen LogP contribution is 2.23. The third-order valence-corrected chi connectivity index (χ3v) is 4.11. The number of benzene rings is 3. The molecule has 0 atom stereocenters. The maximum Gasteiger partial charge on any atom is 0.336 e. The van der Waals surface area contributed by atoms with Crippen LogP contribution in [0.2, 0.25) is 0 Å². The summed E-state index contributed by atoms with van der Waals surface area (Å²) in [6.45, 7) is 0. The van der Waals surface area contributed by atoms with Crippen molar-refractivity contribution in [2.75, 3.05) is 0 Å². The van der Waals surface area contributed by atoms with Crippen molar-refractivity contribution >= 4 is 40.6 Å². The van der Waals surface area contributed by atoms with Crippen LogP contribution in [-0.2, 0) is 0 Å². The van der Waals surface area contributed by atoms with Crippen LogP contribution in [-0.4, -0.2) is 55.4 Å². The first-order valence-corrected chi connectivity index (χ1v) is 8.36. The molecule has 0 aromatic heterocycles. The van der Waals surface area contributed by atoms with Gasteiger partial charge in [0.1, 0.15) is 0 Å². The van der Waals surface area contributed by atoms with Crippen LogP contribution in [0.4, 0.5) is 0 Å². The van der Waals surface area contributed by atoms with Crippen molar-refractivity contribution in [1.82, 2.24) is 0 Å². The number of carbonyl (C=O) groups is 5. The van der Waals surface area contributed by atoms with Crippen molar-refractivity contribution in [3.8, 4) is 0 Å². The molecule has 5 N–H and O–H groups in total. The summed E-state index contributed by atoms with van der Waals surface area (Å²) in [6.07, 6.45) is 0. The summed E-state index contributed by atoms with van der Waals surface area (Å²) in [7, 11) is 0. The minimum Gasteiger partial charge on any atom is -0.478 e. The molecule has 0 unspecified atom stereocenters. The predicted octanol–water partition coefficient (Wildman–Crippen LogP) is 3.02. The molecule has 0 bridgehead atoms. The van der Waals surface area contributed by atoms with Crippen molar-refractivity contribution < 1.29 is 49.5 Å². The molecule has 0 aliphatic carbocycles. The topological polar surface area (TPSA) is 186 Å². The van der Waals surface area contributed by atoms with Gasteiger partial charge in [-0.1, -0.05) is 24.3 Å². The lowest BCUT2D eigenvalue weighted by atomic mass is 10.00. The minimum absolute atomic E-state index is 0.112. The van der Waals surface area contributed by atoms with E-state index in [1.165, 1.54) is 12.1 Å². The molecular formula is C21H14O10. The Bertz CT molecular complexity index is 1170. The molecule has 0 amide bonds. The van der Waals surface area contributed by atoms with E-state index in [0.717, 1.165) is 18.2 Å². The summed E-state index contributed by atoms with van der Waals surface area (Å²) >= 11 is 0. The van der Waals surface area contributed by atoms with E-state index in [9.17, 15) is 24.0 Å². The normalized spacial score (nSPS) is 9.94. The van der Waals surface area contributed by atoms with E-state index in [0.29, 0.717) is 10.8 Å².